The minimum absolute atomic E-state index is 0. The van der Waals surface area contributed by atoms with E-state index in [-0.39, 0.29) is 17.1 Å². The normalized spacial score (nSPS) is 9.19. The molecule has 2 nitrogen and oxygen atoms in total. The fourth-order valence-electron chi connectivity index (χ4n) is 1.31. The summed E-state index contributed by atoms with van der Waals surface area (Å²) in [5.41, 5.74) is 0. The summed E-state index contributed by atoms with van der Waals surface area (Å²) in [5, 5.41) is 0. The summed E-state index contributed by atoms with van der Waals surface area (Å²) in [6.07, 6.45) is 1.20. The van der Waals surface area contributed by atoms with Crippen LogP contribution in [0.2, 0.25) is 0 Å². The maximum Gasteiger partial charge on any atom is 0.175 e. The van der Waals surface area contributed by atoms with Crippen molar-refractivity contribution in [2.75, 3.05) is 6.26 Å². The first-order chi connectivity index (χ1) is 9.61. The molecule has 0 spiro atoms. The zero-order chi connectivity index (χ0) is 14.7. The van der Waals surface area contributed by atoms with E-state index in [0.29, 0.717) is 4.90 Å². The molecule has 21 heavy (non-hydrogen) atoms. The SMILES string of the molecule is CS(=O)(=O)c1ccccc1.[Fe].[cH-]1[cH-][cH-][cH-][cH-]1.c1cc[cH-]c1. The summed E-state index contributed by atoms with van der Waals surface area (Å²) in [6.45, 7) is 0. The van der Waals surface area contributed by atoms with Gasteiger partial charge in [-0.05, 0) is 12.1 Å². The second kappa shape index (κ2) is 11.1. The Labute approximate surface area is 137 Å². The molecule has 0 amide bonds. The van der Waals surface area contributed by atoms with Crippen LogP contribution >= 0.6 is 0 Å². The second-order valence-electron chi connectivity index (χ2n) is 4.01. The molecule has 0 aromatic heterocycles. The van der Waals surface area contributed by atoms with E-state index in [4.69, 9.17) is 0 Å². The van der Waals surface area contributed by atoms with Crippen LogP contribution < -0.4 is 0 Å². The molecule has 0 radical (unpaired) electrons. The maximum atomic E-state index is 10.8. The van der Waals surface area contributed by atoms with Gasteiger partial charge in [0.25, 0.3) is 0 Å². The summed E-state index contributed by atoms with van der Waals surface area (Å²) < 4.78 is 21.7. The van der Waals surface area contributed by atoms with Gasteiger partial charge in [0.05, 0.1) is 4.90 Å². The van der Waals surface area contributed by atoms with Crippen LogP contribution in [0.4, 0.5) is 0 Å². The van der Waals surface area contributed by atoms with Gasteiger partial charge in [-0.3, -0.25) is 0 Å². The third-order valence-electron chi connectivity index (χ3n) is 2.28. The van der Waals surface area contributed by atoms with Crippen LogP contribution in [0.1, 0.15) is 0 Å². The van der Waals surface area contributed by atoms with E-state index in [1.165, 1.54) is 6.26 Å². The zero-order valence-electron chi connectivity index (χ0n) is 11.7. The van der Waals surface area contributed by atoms with Crippen LogP contribution in [-0.4, -0.2) is 14.7 Å². The largest absolute Gasteiger partial charge is 0.748 e. The molecule has 0 aliphatic rings. The van der Waals surface area contributed by atoms with Crippen molar-refractivity contribution in [3.05, 3.63) is 91.0 Å². The molecule has 0 fully saturated rings. The van der Waals surface area contributed by atoms with Crippen molar-refractivity contribution in [1.29, 1.82) is 0 Å². The van der Waals surface area contributed by atoms with Gasteiger partial charge in [-0.1, -0.05) is 18.2 Å². The number of sulfone groups is 1. The summed E-state index contributed by atoms with van der Waals surface area (Å²) in [6, 6.07) is 28.4. The Hall–Kier alpha value is -1.61. The first-order valence-corrected chi connectivity index (χ1v) is 8.08. The second-order valence-corrected chi connectivity index (χ2v) is 6.03. The maximum absolute atomic E-state index is 10.8. The molecule has 0 aliphatic carbocycles. The van der Waals surface area contributed by atoms with Crippen molar-refractivity contribution in [2.24, 2.45) is 0 Å². The van der Waals surface area contributed by atoms with Crippen LogP contribution in [-0.2, 0) is 26.9 Å². The fraction of sp³-hybridized carbons (Fsp3) is 0.0588. The van der Waals surface area contributed by atoms with Gasteiger partial charge in [0, 0.05) is 23.3 Å². The number of hydrogen-bond donors (Lipinski definition) is 0. The van der Waals surface area contributed by atoms with Gasteiger partial charge in [-0.2, -0.15) is 18.2 Å². The van der Waals surface area contributed by atoms with Crippen molar-refractivity contribution in [1.82, 2.24) is 0 Å². The molecular formula is C17H18FeO2S-6. The molecular weight excluding hydrogens is 324 g/mol. The van der Waals surface area contributed by atoms with Gasteiger partial charge in [-0.25, -0.2) is 20.6 Å². The minimum Gasteiger partial charge on any atom is -0.748 e. The third-order valence-corrected chi connectivity index (χ3v) is 3.41. The van der Waals surface area contributed by atoms with E-state index in [9.17, 15) is 8.42 Å². The average Bonchev–Trinajstić information content (AvgIpc) is 3.17. The molecule has 118 valence electrons. The summed E-state index contributed by atoms with van der Waals surface area (Å²) >= 11 is 0. The van der Waals surface area contributed by atoms with Gasteiger partial charge in [0.2, 0.25) is 0 Å². The van der Waals surface area contributed by atoms with Gasteiger partial charge in [0.1, 0.15) is 0 Å². The summed E-state index contributed by atoms with van der Waals surface area (Å²) in [4.78, 5) is 0.370. The number of hydrogen-bond acceptors (Lipinski definition) is 2. The van der Waals surface area contributed by atoms with Crippen molar-refractivity contribution in [3.8, 4) is 0 Å². The molecule has 0 aliphatic heterocycles. The smallest absolute Gasteiger partial charge is 0.175 e. The predicted octanol–water partition coefficient (Wildman–Crippen LogP) is 3.90. The Bertz CT molecular complexity index is 567. The van der Waals surface area contributed by atoms with Crippen LogP contribution in [0.5, 0.6) is 0 Å². The van der Waals surface area contributed by atoms with Gasteiger partial charge in [0.15, 0.2) is 9.84 Å². The molecule has 0 saturated heterocycles. The van der Waals surface area contributed by atoms with Crippen LogP contribution in [0.3, 0.4) is 0 Å². The molecule has 0 N–H and O–H groups in total. The first kappa shape index (κ1) is 19.4. The Morgan fingerprint density at radius 3 is 1.43 bits per heavy atom. The van der Waals surface area contributed by atoms with E-state index in [2.05, 4.69) is 0 Å². The molecule has 4 heteroatoms. The monoisotopic (exact) mass is 342 g/mol. The molecule has 0 atom stereocenters. The predicted molar refractivity (Wildman–Crippen MR) is 83.6 cm³/mol. The number of rotatable bonds is 1. The van der Waals surface area contributed by atoms with Gasteiger partial charge >= 0.3 is 0 Å². The van der Waals surface area contributed by atoms with E-state index in [1.54, 1.807) is 30.3 Å². The minimum atomic E-state index is -3.00. The molecule has 0 heterocycles. The number of benzene rings is 1. The van der Waals surface area contributed by atoms with Gasteiger partial charge < -0.3 is 30.3 Å². The fourth-order valence-corrected chi connectivity index (χ4v) is 1.96. The van der Waals surface area contributed by atoms with E-state index in [1.807, 2.05) is 60.7 Å². The van der Waals surface area contributed by atoms with Crippen molar-refractivity contribution >= 4 is 9.84 Å². The van der Waals surface area contributed by atoms with Crippen molar-refractivity contribution < 1.29 is 25.5 Å². The molecule has 3 rings (SSSR count). The van der Waals surface area contributed by atoms with E-state index >= 15 is 0 Å². The standard InChI is InChI=1S/C7H8O2S.2C5H5.Fe/c1-10(8,9)7-5-3-2-4-6-7;2*1-2-4-5-3-1;/h2-6H,1H3;2*1-5H;/q;-5;-1;. The van der Waals surface area contributed by atoms with Crippen molar-refractivity contribution in [2.45, 2.75) is 4.90 Å². The Kier molecular flexibility index (Phi) is 10.2. The topological polar surface area (TPSA) is 34.1 Å². The third kappa shape index (κ3) is 9.85. The zero-order valence-corrected chi connectivity index (χ0v) is 13.7. The van der Waals surface area contributed by atoms with Crippen LogP contribution in [0.25, 0.3) is 0 Å². The Morgan fingerprint density at radius 2 is 1.19 bits per heavy atom. The summed E-state index contributed by atoms with van der Waals surface area (Å²) in [7, 11) is -3.00. The quantitative estimate of drug-likeness (QED) is 0.497. The van der Waals surface area contributed by atoms with Crippen LogP contribution in [0, 0.1) is 0 Å². The molecule has 0 bridgehead atoms. The van der Waals surface area contributed by atoms with Crippen molar-refractivity contribution in [3.63, 3.8) is 0 Å². The average molecular weight is 342 g/mol. The Balaban J connectivity index is 0.000000307. The van der Waals surface area contributed by atoms with E-state index in [0.717, 1.165) is 0 Å². The van der Waals surface area contributed by atoms with Crippen LogP contribution in [0.15, 0.2) is 95.9 Å². The van der Waals surface area contributed by atoms with E-state index < -0.39 is 9.84 Å². The van der Waals surface area contributed by atoms with Gasteiger partial charge in [-0.15, -0.1) is 0 Å². The molecule has 0 unspecified atom stereocenters. The molecule has 3 aromatic carbocycles. The molecule has 3 aromatic rings. The first-order valence-electron chi connectivity index (χ1n) is 6.19. The Morgan fingerprint density at radius 1 is 0.762 bits per heavy atom. The summed E-state index contributed by atoms with van der Waals surface area (Å²) in [5.74, 6) is 0. The molecule has 0 saturated carbocycles.